The normalized spacial score (nSPS) is 25.5. The SMILES string of the molecule is NC(Cc1ccsc1)C1(N2CCCCC2)CCCC1. The monoisotopic (exact) mass is 278 g/mol. The highest BCUT2D eigenvalue weighted by atomic mass is 32.1. The molecule has 0 aromatic carbocycles. The van der Waals surface area contributed by atoms with Gasteiger partial charge in [-0.05, 0) is 67.6 Å². The maximum absolute atomic E-state index is 6.70. The third kappa shape index (κ3) is 2.74. The fraction of sp³-hybridized carbons (Fsp3) is 0.750. The van der Waals surface area contributed by atoms with Crippen molar-refractivity contribution >= 4 is 11.3 Å². The molecule has 19 heavy (non-hydrogen) atoms. The van der Waals surface area contributed by atoms with E-state index in [-0.39, 0.29) is 0 Å². The molecule has 1 aromatic heterocycles. The maximum atomic E-state index is 6.70. The fourth-order valence-corrected chi connectivity index (χ4v) is 4.78. The summed E-state index contributed by atoms with van der Waals surface area (Å²) in [5.41, 5.74) is 8.44. The Hall–Kier alpha value is -0.380. The molecular weight excluding hydrogens is 252 g/mol. The van der Waals surface area contributed by atoms with Gasteiger partial charge in [-0.1, -0.05) is 19.3 Å². The Balaban J connectivity index is 1.75. The number of nitrogens with two attached hydrogens (primary N) is 1. The predicted octanol–water partition coefficient (Wildman–Crippen LogP) is 3.42. The largest absolute Gasteiger partial charge is 0.326 e. The van der Waals surface area contributed by atoms with Crippen LogP contribution in [0.15, 0.2) is 16.8 Å². The van der Waals surface area contributed by atoms with Crippen molar-refractivity contribution in [2.24, 2.45) is 5.73 Å². The van der Waals surface area contributed by atoms with Crippen LogP contribution in [0, 0.1) is 0 Å². The number of piperidine rings is 1. The van der Waals surface area contributed by atoms with E-state index in [1.54, 1.807) is 11.3 Å². The summed E-state index contributed by atoms with van der Waals surface area (Å²) >= 11 is 1.79. The maximum Gasteiger partial charge on any atom is 0.0363 e. The van der Waals surface area contributed by atoms with Crippen molar-refractivity contribution in [2.45, 2.75) is 62.9 Å². The average Bonchev–Trinajstić information content (AvgIpc) is 3.11. The quantitative estimate of drug-likeness (QED) is 0.914. The summed E-state index contributed by atoms with van der Waals surface area (Å²) in [4.78, 5) is 2.75. The number of nitrogens with zero attached hydrogens (tertiary/aromatic N) is 1. The van der Waals surface area contributed by atoms with E-state index in [1.807, 2.05) is 0 Å². The molecule has 2 nitrogen and oxygen atoms in total. The molecule has 3 heteroatoms. The minimum absolute atomic E-state index is 0.308. The van der Waals surface area contributed by atoms with E-state index in [1.165, 1.54) is 63.6 Å². The molecule has 0 bridgehead atoms. The first kappa shape index (κ1) is 13.6. The van der Waals surface area contributed by atoms with E-state index in [2.05, 4.69) is 21.7 Å². The van der Waals surface area contributed by atoms with Gasteiger partial charge in [0.1, 0.15) is 0 Å². The van der Waals surface area contributed by atoms with E-state index in [9.17, 15) is 0 Å². The zero-order chi connectivity index (χ0) is 13.1. The zero-order valence-corrected chi connectivity index (χ0v) is 12.6. The van der Waals surface area contributed by atoms with Gasteiger partial charge in [0.2, 0.25) is 0 Å². The van der Waals surface area contributed by atoms with Crippen LogP contribution in [0.1, 0.15) is 50.5 Å². The van der Waals surface area contributed by atoms with Crippen LogP contribution in [0.2, 0.25) is 0 Å². The molecule has 1 aromatic rings. The fourth-order valence-electron chi connectivity index (χ4n) is 4.10. The summed E-state index contributed by atoms with van der Waals surface area (Å²) in [7, 11) is 0. The van der Waals surface area contributed by atoms with Crippen molar-refractivity contribution in [3.63, 3.8) is 0 Å². The first-order valence-electron chi connectivity index (χ1n) is 7.83. The standard InChI is InChI=1S/C16H26N2S/c17-15(12-14-6-11-19-13-14)16(7-2-3-8-16)18-9-4-1-5-10-18/h6,11,13,15H,1-5,7-10,12,17H2. The van der Waals surface area contributed by atoms with Gasteiger partial charge in [0, 0.05) is 11.6 Å². The van der Waals surface area contributed by atoms with E-state index in [4.69, 9.17) is 5.73 Å². The average molecular weight is 278 g/mol. The van der Waals surface area contributed by atoms with Crippen molar-refractivity contribution < 1.29 is 0 Å². The van der Waals surface area contributed by atoms with Gasteiger partial charge in [-0.15, -0.1) is 0 Å². The highest BCUT2D eigenvalue weighted by molar-refractivity contribution is 7.07. The van der Waals surface area contributed by atoms with Gasteiger partial charge in [0.15, 0.2) is 0 Å². The van der Waals surface area contributed by atoms with Crippen LogP contribution >= 0.6 is 11.3 Å². The molecule has 1 saturated heterocycles. The molecule has 2 fully saturated rings. The Morgan fingerprint density at radius 3 is 2.53 bits per heavy atom. The van der Waals surface area contributed by atoms with E-state index in [0.717, 1.165) is 6.42 Å². The lowest BCUT2D eigenvalue weighted by Gasteiger charge is -2.47. The van der Waals surface area contributed by atoms with E-state index >= 15 is 0 Å². The second-order valence-electron chi connectivity index (χ2n) is 6.30. The van der Waals surface area contributed by atoms with Crippen molar-refractivity contribution in [2.75, 3.05) is 13.1 Å². The molecular formula is C16H26N2S. The minimum atomic E-state index is 0.308. The zero-order valence-electron chi connectivity index (χ0n) is 11.8. The first-order valence-corrected chi connectivity index (χ1v) is 8.77. The van der Waals surface area contributed by atoms with Crippen molar-refractivity contribution in [3.8, 4) is 0 Å². The summed E-state index contributed by atoms with van der Waals surface area (Å²) < 4.78 is 0. The molecule has 2 N–H and O–H groups in total. The molecule has 2 aliphatic rings. The van der Waals surface area contributed by atoms with Crippen LogP contribution in [-0.2, 0) is 6.42 Å². The summed E-state index contributed by atoms with van der Waals surface area (Å²) in [6.45, 7) is 2.55. The van der Waals surface area contributed by atoms with Crippen molar-refractivity contribution in [3.05, 3.63) is 22.4 Å². The van der Waals surface area contributed by atoms with Gasteiger partial charge in [0.05, 0.1) is 0 Å². The molecule has 106 valence electrons. The molecule has 0 amide bonds. The molecule has 3 rings (SSSR count). The Kier molecular flexibility index (Phi) is 4.25. The number of rotatable bonds is 4. The molecule has 1 saturated carbocycles. The Labute approximate surface area is 121 Å². The van der Waals surface area contributed by atoms with Crippen LogP contribution in [0.25, 0.3) is 0 Å². The third-order valence-corrected chi connectivity index (χ3v) is 5.91. The second-order valence-corrected chi connectivity index (χ2v) is 7.08. The molecule has 1 aliphatic heterocycles. The van der Waals surface area contributed by atoms with Crippen LogP contribution < -0.4 is 5.73 Å². The molecule has 0 radical (unpaired) electrons. The number of hydrogen-bond donors (Lipinski definition) is 1. The minimum Gasteiger partial charge on any atom is -0.326 e. The smallest absolute Gasteiger partial charge is 0.0363 e. The van der Waals surface area contributed by atoms with Gasteiger partial charge in [-0.25, -0.2) is 0 Å². The third-order valence-electron chi connectivity index (χ3n) is 5.18. The Morgan fingerprint density at radius 2 is 1.89 bits per heavy atom. The molecule has 0 spiro atoms. The second kappa shape index (κ2) is 5.94. The first-order chi connectivity index (χ1) is 9.31. The van der Waals surface area contributed by atoms with Gasteiger partial charge >= 0.3 is 0 Å². The molecule has 1 aliphatic carbocycles. The van der Waals surface area contributed by atoms with E-state index < -0.39 is 0 Å². The van der Waals surface area contributed by atoms with E-state index in [0.29, 0.717) is 11.6 Å². The summed E-state index contributed by atoms with van der Waals surface area (Å²) in [6.07, 6.45) is 10.6. The van der Waals surface area contributed by atoms with Crippen molar-refractivity contribution in [1.82, 2.24) is 4.90 Å². The van der Waals surface area contributed by atoms with Crippen molar-refractivity contribution in [1.29, 1.82) is 0 Å². The van der Waals surface area contributed by atoms with Crippen LogP contribution in [-0.4, -0.2) is 29.6 Å². The van der Waals surface area contributed by atoms with Gasteiger partial charge in [0.25, 0.3) is 0 Å². The predicted molar refractivity (Wildman–Crippen MR) is 82.6 cm³/mol. The topological polar surface area (TPSA) is 29.3 Å². The lowest BCUT2D eigenvalue weighted by atomic mass is 9.82. The molecule has 2 heterocycles. The van der Waals surface area contributed by atoms with Gasteiger partial charge in [-0.2, -0.15) is 11.3 Å². The highest BCUT2D eigenvalue weighted by Crippen LogP contribution is 2.40. The number of likely N-dealkylation sites (tertiary alicyclic amines) is 1. The van der Waals surface area contributed by atoms with Crippen LogP contribution in [0.3, 0.4) is 0 Å². The van der Waals surface area contributed by atoms with Gasteiger partial charge in [-0.3, -0.25) is 4.90 Å². The number of thiophene rings is 1. The molecule has 1 atom stereocenters. The highest BCUT2D eigenvalue weighted by Gasteiger charge is 2.44. The number of hydrogen-bond acceptors (Lipinski definition) is 3. The van der Waals surface area contributed by atoms with Crippen LogP contribution in [0.4, 0.5) is 0 Å². The Morgan fingerprint density at radius 1 is 1.16 bits per heavy atom. The van der Waals surface area contributed by atoms with Crippen LogP contribution in [0.5, 0.6) is 0 Å². The summed E-state index contributed by atoms with van der Waals surface area (Å²) in [5.74, 6) is 0. The lowest BCUT2D eigenvalue weighted by molar-refractivity contribution is 0.0482. The lowest BCUT2D eigenvalue weighted by Crippen LogP contribution is -2.60. The molecule has 1 unspecified atom stereocenters. The Bertz CT molecular complexity index is 375. The van der Waals surface area contributed by atoms with Gasteiger partial charge < -0.3 is 5.73 Å². The summed E-state index contributed by atoms with van der Waals surface area (Å²) in [5, 5.41) is 4.43. The summed E-state index contributed by atoms with van der Waals surface area (Å²) in [6, 6.07) is 2.55.